The molecule has 0 bridgehead atoms. The van der Waals surface area contributed by atoms with Crippen molar-refractivity contribution >= 4 is 23.3 Å². The fourth-order valence-electron chi connectivity index (χ4n) is 3.63. The number of carboxylic acid groups (broad SMARTS) is 1. The lowest BCUT2D eigenvalue weighted by Crippen LogP contribution is -2.49. The molecule has 0 unspecified atom stereocenters. The Balaban J connectivity index is 1.51. The van der Waals surface area contributed by atoms with E-state index in [4.69, 9.17) is 0 Å². The minimum absolute atomic E-state index is 0.146. The average Bonchev–Trinajstić information content (AvgIpc) is 3.22. The van der Waals surface area contributed by atoms with E-state index >= 15 is 0 Å². The molecule has 0 radical (unpaired) electrons. The normalized spacial score (nSPS) is 15.5. The molecule has 0 aliphatic carbocycles. The van der Waals surface area contributed by atoms with Crippen LogP contribution < -0.4 is 10.4 Å². The summed E-state index contributed by atoms with van der Waals surface area (Å²) in [6, 6.07) is 4.96. The lowest BCUT2D eigenvalue weighted by molar-refractivity contribution is -0.266. The smallest absolute Gasteiger partial charge is 0.416 e. The van der Waals surface area contributed by atoms with Crippen LogP contribution >= 0.6 is 11.3 Å². The molecule has 2 amide bonds. The van der Waals surface area contributed by atoms with Gasteiger partial charge in [0, 0.05) is 24.5 Å². The van der Waals surface area contributed by atoms with Gasteiger partial charge in [0.1, 0.15) is 11.1 Å². The fraction of sp³-hybridized carbons (Fsp3) is 0.476. The summed E-state index contributed by atoms with van der Waals surface area (Å²) in [6.07, 6.45) is -4.14. The number of rotatable bonds is 7. The number of hydrogen-bond acceptors (Lipinski definition) is 6. The largest absolute Gasteiger partial charge is 0.530 e. The van der Waals surface area contributed by atoms with E-state index in [9.17, 15) is 27.9 Å². The fourth-order valence-corrected chi connectivity index (χ4v) is 4.48. The van der Waals surface area contributed by atoms with Crippen molar-refractivity contribution in [2.45, 2.75) is 25.6 Å². The van der Waals surface area contributed by atoms with Gasteiger partial charge in [-0.15, -0.1) is 11.3 Å². The Kier molecular flexibility index (Phi) is 7.73. The zero-order valence-electron chi connectivity index (χ0n) is 17.5. The highest BCUT2D eigenvalue weighted by atomic mass is 32.1. The molecule has 2 aromatic rings. The van der Waals surface area contributed by atoms with E-state index in [-0.39, 0.29) is 24.9 Å². The first-order chi connectivity index (χ1) is 15.2. The highest BCUT2D eigenvalue weighted by molar-refractivity contribution is 7.09. The first-order valence-corrected chi connectivity index (χ1v) is 11.0. The summed E-state index contributed by atoms with van der Waals surface area (Å²) < 4.78 is 38.2. The number of carbonyl (C=O) groups excluding carboxylic acids is 2. The van der Waals surface area contributed by atoms with Crippen molar-refractivity contribution in [1.29, 1.82) is 0 Å². The molecule has 0 saturated carbocycles. The van der Waals surface area contributed by atoms with Gasteiger partial charge >= 0.3 is 6.18 Å². The van der Waals surface area contributed by atoms with Gasteiger partial charge < -0.3 is 20.1 Å². The van der Waals surface area contributed by atoms with Crippen LogP contribution in [0.15, 0.2) is 29.6 Å². The Bertz CT molecular complexity index is 925. The highest BCUT2D eigenvalue weighted by Crippen LogP contribution is 2.31. The van der Waals surface area contributed by atoms with Crippen LogP contribution in [0.5, 0.6) is 0 Å². The Morgan fingerprint density at radius 1 is 1.25 bits per heavy atom. The maximum absolute atomic E-state index is 12.7. The van der Waals surface area contributed by atoms with Crippen molar-refractivity contribution in [1.82, 2.24) is 20.1 Å². The van der Waals surface area contributed by atoms with Gasteiger partial charge in [-0.25, -0.2) is 4.98 Å². The Labute approximate surface area is 187 Å². The SMILES string of the molecule is CNC(=O)CN(CC1CCN(Cc2nc(-c3ccc(C(F)(F)F)cc3)cs2)CC1)C(=O)[O-]. The summed E-state index contributed by atoms with van der Waals surface area (Å²) in [5, 5.41) is 16.4. The number of piperidine rings is 1. The molecular weight excluding hydrogens is 445 g/mol. The average molecular weight is 470 g/mol. The van der Waals surface area contributed by atoms with Crippen molar-refractivity contribution in [2.24, 2.45) is 5.92 Å². The molecule has 1 aromatic heterocycles. The molecule has 0 spiro atoms. The van der Waals surface area contributed by atoms with Crippen LogP contribution in [0.25, 0.3) is 11.3 Å². The van der Waals surface area contributed by atoms with Gasteiger partial charge in [-0.1, -0.05) is 12.1 Å². The molecule has 1 fully saturated rings. The number of halogens is 3. The first kappa shape index (κ1) is 24.0. The van der Waals surface area contributed by atoms with Gasteiger partial charge in [-0.3, -0.25) is 9.69 Å². The number of aromatic nitrogens is 1. The third-order valence-electron chi connectivity index (χ3n) is 5.48. The molecule has 1 aromatic carbocycles. The molecule has 1 aliphatic rings. The molecule has 174 valence electrons. The second-order valence-corrected chi connectivity index (χ2v) is 8.68. The zero-order chi connectivity index (χ0) is 23.3. The zero-order valence-corrected chi connectivity index (χ0v) is 18.3. The Morgan fingerprint density at radius 3 is 2.47 bits per heavy atom. The van der Waals surface area contributed by atoms with Crippen molar-refractivity contribution in [3.63, 3.8) is 0 Å². The van der Waals surface area contributed by atoms with E-state index in [1.54, 1.807) is 0 Å². The van der Waals surface area contributed by atoms with E-state index in [2.05, 4.69) is 15.2 Å². The van der Waals surface area contributed by atoms with Crippen LogP contribution in [0.4, 0.5) is 18.0 Å². The van der Waals surface area contributed by atoms with Gasteiger partial charge in [0.25, 0.3) is 0 Å². The summed E-state index contributed by atoms with van der Waals surface area (Å²) >= 11 is 1.46. The monoisotopic (exact) mass is 469 g/mol. The number of carbonyl (C=O) groups is 2. The molecule has 32 heavy (non-hydrogen) atoms. The Morgan fingerprint density at radius 2 is 1.91 bits per heavy atom. The lowest BCUT2D eigenvalue weighted by Gasteiger charge is -2.35. The third kappa shape index (κ3) is 6.42. The summed E-state index contributed by atoms with van der Waals surface area (Å²) in [4.78, 5) is 30.6. The van der Waals surface area contributed by atoms with Gasteiger partial charge in [0.2, 0.25) is 5.91 Å². The number of benzene rings is 1. The lowest BCUT2D eigenvalue weighted by atomic mass is 9.96. The second kappa shape index (κ2) is 10.3. The van der Waals surface area contributed by atoms with Crippen LogP contribution in [0.2, 0.25) is 0 Å². The maximum Gasteiger partial charge on any atom is 0.416 e. The van der Waals surface area contributed by atoms with Crippen LogP contribution in [0.1, 0.15) is 23.4 Å². The molecule has 1 N–H and O–H groups in total. The van der Waals surface area contributed by atoms with Gasteiger partial charge in [-0.05, 0) is 44.0 Å². The van der Waals surface area contributed by atoms with E-state index in [1.165, 1.54) is 30.5 Å². The predicted octanol–water partition coefficient (Wildman–Crippen LogP) is 2.43. The summed E-state index contributed by atoms with van der Waals surface area (Å²) in [5.41, 5.74) is 0.595. The molecule has 1 saturated heterocycles. The number of likely N-dealkylation sites (tertiary alicyclic amines) is 1. The van der Waals surface area contributed by atoms with Gasteiger partial charge in [0.15, 0.2) is 0 Å². The number of hydrogen-bond donors (Lipinski definition) is 1. The number of thiazole rings is 1. The topological polar surface area (TPSA) is 88.6 Å². The van der Waals surface area contributed by atoms with E-state index in [1.807, 2.05) is 5.38 Å². The number of nitrogens with zero attached hydrogens (tertiary/aromatic N) is 3. The minimum Gasteiger partial charge on any atom is -0.530 e. The standard InChI is InChI=1S/C21H25F3N4O3S/c1-25-18(29)11-28(20(30)31)10-14-6-8-27(9-7-14)12-19-26-17(13-32-19)15-2-4-16(5-3-15)21(22,23)24/h2-5,13-14H,6-12H2,1H3,(H,25,29)(H,30,31)/p-1. The summed E-state index contributed by atoms with van der Waals surface area (Å²) in [7, 11) is 1.45. The molecule has 1 aliphatic heterocycles. The predicted molar refractivity (Wildman–Crippen MR) is 112 cm³/mol. The van der Waals surface area contributed by atoms with E-state index < -0.39 is 17.8 Å². The van der Waals surface area contributed by atoms with E-state index in [0.29, 0.717) is 17.8 Å². The molecule has 2 heterocycles. The van der Waals surface area contributed by atoms with Crippen molar-refractivity contribution < 1.29 is 27.9 Å². The van der Waals surface area contributed by atoms with Crippen molar-refractivity contribution in [3.8, 4) is 11.3 Å². The van der Waals surface area contributed by atoms with Crippen LogP contribution in [0.3, 0.4) is 0 Å². The van der Waals surface area contributed by atoms with Gasteiger partial charge in [-0.2, -0.15) is 13.2 Å². The maximum atomic E-state index is 12.7. The molecule has 11 heteroatoms. The van der Waals surface area contributed by atoms with Crippen molar-refractivity contribution in [2.75, 3.05) is 33.2 Å². The summed E-state index contributed by atoms with van der Waals surface area (Å²) in [6.45, 7) is 2.19. The van der Waals surface area contributed by atoms with Crippen LogP contribution in [-0.2, 0) is 17.5 Å². The number of amides is 2. The van der Waals surface area contributed by atoms with Crippen LogP contribution in [0, 0.1) is 5.92 Å². The molecular formula is C21H24F3N4O3S-. The Hall–Kier alpha value is -2.66. The quantitative estimate of drug-likeness (QED) is 0.673. The number of nitrogens with one attached hydrogen (secondary N) is 1. The van der Waals surface area contributed by atoms with Gasteiger partial charge in [0.05, 0.1) is 24.3 Å². The van der Waals surface area contributed by atoms with Crippen molar-refractivity contribution in [3.05, 3.63) is 40.2 Å². The molecule has 3 rings (SSSR count). The van der Waals surface area contributed by atoms with E-state index in [0.717, 1.165) is 48.0 Å². The molecule has 0 atom stereocenters. The third-order valence-corrected chi connectivity index (χ3v) is 6.31. The first-order valence-electron chi connectivity index (χ1n) is 10.2. The summed E-state index contributed by atoms with van der Waals surface area (Å²) in [5.74, 6) is -0.230. The second-order valence-electron chi connectivity index (χ2n) is 7.74. The minimum atomic E-state index is -4.36. The number of alkyl halides is 3. The molecule has 7 nitrogen and oxygen atoms in total. The van der Waals surface area contributed by atoms with Crippen LogP contribution in [-0.4, -0.2) is 60.0 Å². The highest BCUT2D eigenvalue weighted by Gasteiger charge is 2.30. The number of likely N-dealkylation sites (N-methyl/N-ethyl adjacent to an activating group) is 1.